The van der Waals surface area contributed by atoms with Crippen molar-refractivity contribution in [3.63, 3.8) is 0 Å². The van der Waals surface area contributed by atoms with Crippen molar-refractivity contribution in [2.75, 3.05) is 0 Å². The second-order valence-electron chi connectivity index (χ2n) is 0.0816. The van der Waals surface area contributed by atoms with E-state index >= 15 is 0 Å². The smallest absolute Gasteiger partial charge is 0.152 e. The molecular formula is HNO2TiW. The summed E-state index contributed by atoms with van der Waals surface area (Å²) < 4.78 is 0. The van der Waals surface area contributed by atoms with Crippen LogP contribution in [0, 0.1) is 4.91 Å². The maximum atomic E-state index is 8.11. The fourth-order valence-electron chi connectivity index (χ4n) is 0. The van der Waals surface area contributed by atoms with Gasteiger partial charge in [0.05, 0.1) is 0 Å². The standard InChI is InChI=1S/HNO2.Ti.W/c2-1-3;;/h(H,2,3);;. The summed E-state index contributed by atoms with van der Waals surface area (Å²) in [6, 6.07) is 0. The molecule has 0 unspecified atom stereocenters. The molecule has 0 fully saturated rings. The summed E-state index contributed by atoms with van der Waals surface area (Å²) in [5.41, 5.74) is 0. The Kier molecular flexibility index (Phi) is 72.8. The molecule has 0 heterocycles. The van der Waals surface area contributed by atoms with E-state index in [9.17, 15) is 0 Å². The topological polar surface area (TPSA) is 49.7 Å². The van der Waals surface area contributed by atoms with E-state index in [2.05, 4.69) is 0 Å². The zero-order valence-electron chi connectivity index (χ0n) is 2.21. The Hall–Kier alpha value is 0.803. The number of hydrogen-bond donors (Lipinski definition) is 1. The fraction of sp³-hybridized carbons (Fsp3) is 0. The van der Waals surface area contributed by atoms with Crippen LogP contribution in [-0.2, 0) is 42.8 Å². The normalized spacial score (nSPS) is 2.40. The Bertz CT molecular complexity index is 17.1. The van der Waals surface area contributed by atoms with Crippen LogP contribution >= 0.6 is 0 Å². The average Bonchev–Trinajstić information content (AvgIpc) is 0.918. The zero-order valence-corrected chi connectivity index (χ0v) is 6.71. The number of rotatable bonds is 0. The Balaban J connectivity index is -0.0000000200. The largest absolute Gasteiger partial charge is 0.379 e. The number of nitrogens with zero attached hydrogens (tertiary/aromatic N) is 1. The molecule has 5 heavy (non-hydrogen) atoms. The van der Waals surface area contributed by atoms with Crippen LogP contribution in [0.2, 0.25) is 0 Å². The maximum absolute atomic E-state index is 8.11. The predicted molar refractivity (Wildman–Crippen MR) is 7.58 cm³/mol. The van der Waals surface area contributed by atoms with Gasteiger partial charge in [-0.05, 0) is 0 Å². The minimum absolute atomic E-state index is 0. The van der Waals surface area contributed by atoms with Crippen molar-refractivity contribution < 1.29 is 48.0 Å². The molecular weight excluding hydrogens is 278 g/mol. The molecule has 3 nitrogen and oxygen atoms in total. The third kappa shape index (κ3) is 58.6. The van der Waals surface area contributed by atoms with Crippen molar-refractivity contribution in [3.8, 4) is 0 Å². The molecule has 0 aromatic heterocycles. The summed E-state index contributed by atoms with van der Waals surface area (Å²) in [6.45, 7) is 0. The summed E-state index contributed by atoms with van der Waals surface area (Å²) in [7, 11) is 0. The van der Waals surface area contributed by atoms with Crippen molar-refractivity contribution in [2.24, 2.45) is 5.34 Å². The minimum Gasteiger partial charge on any atom is -0.379 e. The average molecular weight is 279 g/mol. The molecule has 0 atom stereocenters. The first-order chi connectivity index (χ1) is 1.41. The molecule has 0 saturated heterocycles. The molecule has 0 spiro atoms. The van der Waals surface area contributed by atoms with Gasteiger partial charge in [0.15, 0.2) is 5.34 Å². The molecule has 0 amide bonds. The molecule has 0 aliphatic carbocycles. The molecule has 0 aliphatic rings. The maximum Gasteiger partial charge on any atom is 0.152 e. The van der Waals surface area contributed by atoms with Gasteiger partial charge in [-0.3, -0.25) is 0 Å². The van der Waals surface area contributed by atoms with Gasteiger partial charge in [-0.2, -0.15) is 0 Å². The van der Waals surface area contributed by atoms with E-state index < -0.39 is 0 Å². The van der Waals surface area contributed by atoms with Crippen molar-refractivity contribution in [2.45, 2.75) is 0 Å². The van der Waals surface area contributed by atoms with Gasteiger partial charge in [-0.25, -0.2) is 0 Å². The number of hydrogen-bond acceptors (Lipinski definition) is 2. The zero-order chi connectivity index (χ0) is 2.71. The second kappa shape index (κ2) is 21.4. The van der Waals surface area contributed by atoms with E-state index in [1.807, 2.05) is 0 Å². The van der Waals surface area contributed by atoms with E-state index in [0.29, 0.717) is 0 Å². The summed E-state index contributed by atoms with van der Waals surface area (Å²) >= 11 is 0. The van der Waals surface area contributed by atoms with Crippen LogP contribution in [0.3, 0.4) is 0 Å². The van der Waals surface area contributed by atoms with Gasteiger partial charge < -0.3 is 5.21 Å². The predicted octanol–water partition coefficient (Wildman–Crippen LogP) is 0.137. The van der Waals surface area contributed by atoms with Crippen LogP contribution in [-0.4, -0.2) is 5.21 Å². The van der Waals surface area contributed by atoms with Crippen LogP contribution in [0.5, 0.6) is 0 Å². The van der Waals surface area contributed by atoms with Crippen molar-refractivity contribution >= 4 is 0 Å². The molecule has 5 heteroatoms. The second-order valence-corrected chi connectivity index (χ2v) is 0.0816. The van der Waals surface area contributed by atoms with Crippen molar-refractivity contribution in [1.82, 2.24) is 0 Å². The van der Waals surface area contributed by atoms with Gasteiger partial charge in [0.1, 0.15) is 0 Å². The molecule has 0 aromatic rings. The Morgan fingerprint density at radius 2 is 1.60 bits per heavy atom. The SMILES string of the molecule is O=NO.[Ti].[W]. The first kappa shape index (κ1) is 17.0. The molecule has 0 aromatic carbocycles. The monoisotopic (exact) mass is 279 g/mol. The quantitative estimate of drug-likeness (QED) is 0.389. The van der Waals surface area contributed by atoms with E-state index in [1.165, 1.54) is 5.34 Å². The van der Waals surface area contributed by atoms with Gasteiger partial charge in [-0.15, -0.1) is 4.91 Å². The van der Waals surface area contributed by atoms with E-state index in [0.717, 1.165) is 0 Å². The first-order valence-electron chi connectivity index (χ1n) is 0.383. The Morgan fingerprint density at radius 1 is 1.60 bits per heavy atom. The molecule has 0 radical (unpaired) electrons. The third-order valence-corrected chi connectivity index (χ3v) is 0. The van der Waals surface area contributed by atoms with E-state index in [4.69, 9.17) is 10.1 Å². The molecule has 0 saturated carbocycles. The van der Waals surface area contributed by atoms with Gasteiger partial charge in [0.2, 0.25) is 0 Å². The van der Waals surface area contributed by atoms with Crippen LogP contribution < -0.4 is 0 Å². The summed E-state index contributed by atoms with van der Waals surface area (Å²) in [5.74, 6) is 0. The molecule has 1 N–H and O–H groups in total. The fourth-order valence-corrected chi connectivity index (χ4v) is 0. The Morgan fingerprint density at radius 3 is 1.60 bits per heavy atom. The summed E-state index contributed by atoms with van der Waals surface area (Å²) in [6.07, 6.45) is 0. The molecule has 0 bridgehead atoms. The van der Waals surface area contributed by atoms with Crippen LogP contribution in [0.1, 0.15) is 0 Å². The van der Waals surface area contributed by atoms with Crippen LogP contribution in [0.15, 0.2) is 5.34 Å². The molecule has 0 rings (SSSR count). The van der Waals surface area contributed by atoms with Crippen LogP contribution in [0.25, 0.3) is 0 Å². The first-order valence-corrected chi connectivity index (χ1v) is 0.383. The van der Waals surface area contributed by atoms with Gasteiger partial charge >= 0.3 is 0 Å². The van der Waals surface area contributed by atoms with Gasteiger partial charge in [0.25, 0.3) is 0 Å². The van der Waals surface area contributed by atoms with E-state index in [-0.39, 0.29) is 42.8 Å². The van der Waals surface area contributed by atoms with E-state index in [1.54, 1.807) is 0 Å². The van der Waals surface area contributed by atoms with Crippen LogP contribution in [0.4, 0.5) is 0 Å². The van der Waals surface area contributed by atoms with Gasteiger partial charge in [0, 0.05) is 42.8 Å². The summed E-state index contributed by atoms with van der Waals surface area (Å²) in [5, 5.41) is 7.89. The minimum atomic E-state index is 0. The third-order valence-electron chi connectivity index (χ3n) is 0. The van der Waals surface area contributed by atoms with Crippen molar-refractivity contribution in [1.29, 1.82) is 0 Å². The van der Waals surface area contributed by atoms with Gasteiger partial charge in [-0.1, -0.05) is 0 Å². The summed E-state index contributed by atoms with van der Waals surface area (Å²) in [4.78, 5) is 8.11. The van der Waals surface area contributed by atoms with Crippen molar-refractivity contribution in [3.05, 3.63) is 4.91 Å². The molecule has 28 valence electrons. The molecule has 0 aliphatic heterocycles. The Labute approximate surface area is 58.2 Å².